The number of hydrogen-bond acceptors (Lipinski definition) is 6. The Morgan fingerprint density at radius 3 is 2.89 bits per heavy atom. The van der Waals surface area contributed by atoms with Crippen molar-refractivity contribution < 1.29 is 4.74 Å². The summed E-state index contributed by atoms with van der Waals surface area (Å²) in [5.41, 5.74) is 6.32. The molecule has 2 aromatic rings. The van der Waals surface area contributed by atoms with Crippen LogP contribution in [0.4, 0.5) is 5.69 Å². The largest absolute Gasteiger partial charge is 0.476 e. The summed E-state index contributed by atoms with van der Waals surface area (Å²) in [6, 6.07) is 3.53. The van der Waals surface area contributed by atoms with Crippen molar-refractivity contribution in [3.8, 4) is 5.88 Å². The Bertz CT molecular complexity index is 552. The first kappa shape index (κ1) is 12.9. The van der Waals surface area contributed by atoms with Gasteiger partial charge in [-0.15, -0.1) is 0 Å². The summed E-state index contributed by atoms with van der Waals surface area (Å²) in [5.74, 6) is 0.377. The maximum atomic E-state index is 6.03. The van der Waals surface area contributed by atoms with E-state index in [0.29, 0.717) is 33.2 Å². The van der Waals surface area contributed by atoms with Crippen molar-refractivity contribution in [3.05, 3.63) is 29.7 Å². The number of aromatic nitrogens is 3. The van der Waals surface area contributed by atoms with Crippen LogP contribution < -0.4 is 10.5 Å². The lowest BCUT2D eigenvalue weighted by Crippen LogP contribution is -2.02. The fourth-order valence-corrected chi connectivity index (χ4v) is 2.23. The third-order valence-electron chi connectivity index (χ3n) is 2.01. The molecule has 2 heterocycles. The number of pyridine rings is 1. The Morgan fingerprint density at radius 1 is 1.33 bits per heavy atom. The summed E-state index contributed by atoms with van der Waals surface area (Å²) in [6.45, 7) is 2.36. The van der Waals surface area contributed by atoms with Crippen LogP contribution in [-0.4, -0.2) is 21.6 Å². The van der Waals surface area contributed by atoms with E-state index < -0.39 is 0 Å². The second-order valence-electron chi connectivity index (χ2n) is 3.22. The Morgan fingerprint density at radius 2 is 2.17 bits per heavy atom. The molecule has 2 rings (SSSR count). The van der Waals surface area contributed by atoms with Gasteiger partial charge in [0.25, 0.3) is 0 Å². The Hall–Kier alpha value is -1.53. The van der Waals surface area contributed by atoms with Gasteiger partial charge >= 0.3 is 0 Å². The number of ether oxygens (including phenoxy) is 1. The standard InChI is InChI=1S/C11H11ClN4OS/c1-2-17-9-8(13)11(16-6-15-9)18-10-7(12)4-3-5-14-10/h3-6H,2,13H2,1H3. The zero-order chi connectivity index (χ0) is 13.0. The van der Waals surface area contributed by atoms with Crippen LogP contribution in [-0.2, 0) is 0 Å². The summed E-state index contributed by atoms with van der Waals surface area (Å²) < 4.78 is 5.30. The molecule has 0 amide bonds. The number of nitrogens with two attached hydrogens (primary N) is 1. The van der Waals surface area contributed by atoms with Crippen molar-refractivity contribution >= 4 is 29.1 Å². The molecule has 0 aliphatic heterocycles. The van der Waals surface area contributed by atoms with Gasteiger partial charge in [-0.1, -0.05) is 11.6 Å². The lowest BCUT2D eigenvalue weighted by molar-refractivity contribution is 0.327. The third-order valence-corrected chi connectivity index (χ3v) is 3.46. The van der Waals surface area contributed by atoms with E-state index in [9.17, 15) is 0 Å². The topological polar surface area (TPSA) is 73.9 Å². The van der Waals surface area contributed by atoms with E-state index in [1.165, 1.54) is 18.1 Å². The predicted octanol–water partition coefficient (Wildman–Crippen LogP) is 2.66. The number of nitrogen functional groups attached to an aromatic ring is 1. The maximum Gasteiger partial charge on any atom is 0.241 e. The summed E-state index contributed by atoms with van der Waals surface area (Å²) in [4.78, 5) is 12.2. The minimum atomic E-state index is 0.377. The number of hydrogen-bond donors (Lipinski definition) is 1. The van der Waals surface area contributed by atoms with Gasteiger partial charge in [-0.2, -0.15) is 4.98 Å². The van der Waals surface area contributed by atoms with E-state index in [2.05, 4.69) is 15.0 Å². The van der Waals surface area contributed by atoms with E-state index in [1.807, 2.05) is 6.92 Å². The van der Waals surface area contributed by atoms with Gasteiger partial charge in [-0.25, -0.2) is 9.97 Å². The molecular formula is C11H11ClN4OS. The molecule has 94 valence electrons. The highest BCUT2D eigenvalue weighted by molar-refractivity contribution is 7.99. The molecule has 18 heavy (non-hydrogen) atoms. The fourth-order valence-electron chi connectivity index (χ4n) is 1.24. The summed E-state index contributed by atoms with van der Waals surface area (Å²) in [6.07, 6.45) is 3.07. The number of rotatable bonds is 4. The number of nitrogens with zero attached hydrogens (tertiary/aromatic N) is 3. The van der Waals surface area contributed by atoms with Crippen LogP contribution in [0.5, 0.6) is 5.88 Å². The highest BCUT2D eigenvalue weighted by Gasteiger charge is 2.12. The van der Waals surface area contributed by atoms with Crippen LogP contribution in [0.25, 0.3) is 0 Å². The van der Waals surface area contributed by atoms with Crippen LogP contribution >= 0.6 is 23.4 Å². The van der Waals surface area contributed by atoms with Crippen LogP contribution in [0.15, 0.2) is 34.7 Å². The first-order valence-corrected chi connectivity index (χ1v) is 6.43. The van der Waals surface area contributed by atoms with Gasteiger partial charge < -0.3 is 10.5 Å². The normalized spacial score (nSPS) is 10.3. The molecule has 0 bridgehead atoms. The van der Waals surface area contributed by atoms with Gasteiger partial charge in [0.05, 0.1) is 11.6 Å². The van der Waals surface area contributed by atoms with E-state index in [1.54, 1.807) is 18.3 Å². The highest BCUT2D eigenvalue weighted by atomic mass is 35.5. The van der Waals surface area contributed by atoms with Gasteiger partial charge in [0.1, 0.15) is 22.1 Å². The predicted molar refractivity (Wildman–Crippen MR) is 71.0 cm³/mol. The molecule has 0 aliphatic rings. The molecule has 0 unspecified atom stereocenters. The van der Waals surface area contributed by atoms with Crippen molar-refractivity contribution in [1.29, 1.82) is 0 Å². The van der Waals surface area contributed by atoms with Gasteiger partial charge in [0, 0.05) is 6.20 Å². The van der Waals surface area contributed by atoms with E-state index in [4.69, 9.17) is 22.1 Å². The van der Waals surface area contributed by atoms with Crippen molar-refractivity contribution in [2.24, 2.45) is 0 Å². The lowest BCUT2D eigenvalue weighted by atomic mass is 10.5. The SMILES string of the molecule is CCOc1ncnc(Sc2ncccc2Cl)c1N. The maximum absolute atomic E-state index is 6.03. The summed E-state index contributed by atoms with van der Waals surface area (Å²) in [5, 5.41) is 1.78. The van der Waals surface area contributed by atoms with Crippen LogP contribution in [0.2, 0.25) is 5.02 Å². The third kappa shape index (κ3) is 2.83. The molecule has 0 aromatic carbocycles. The van der Waals surface area contributed by atoms with E-state index >= 15 is 0 Å². The Balaban J connectivity index is 2.30. The molecule has 5 nitrogen and oxygen atoms in total. The summed E-state index contributed by atoms with van der Waals surface area (Å²) in [7, 11) is 0. The van der Waals surface area contributed by atoms with Crippen molar-refractivity contribution in [1.82, 2.24) is 15.0 Å². The van der Waals surface area contributed by atoms with E-state index in [0.717, 1.165) is 0 Å². The Kier molecular flexibility index (Phi) is 4.22. The zero-order valence-corrected chi connectivity index (χ0v) is 11.2. The molecule has 0 saturated heterocycles. The van der Waals surface area contributed by atoms with Crippen LogP contribution in [0.1, 0.15) is 6.92 Å². The molecule has 0 spiro atoms. The van der Waals surface area contributed by atoms with Gasteiger partial charge in [-0.3, -0.25) is 0 Å². The second-order valence-corrected chi connectivity index (χ2v) is 4.61. The number of anilines is 1. The average molecular weight is 283 g/mol. The second kappa shape index (κ2) is 5.88. The Labute approximate surface area is 114 Å². The minimum absolute atomic E-state index is 0.377. The van der Waals surface area contributed by atoms with Crippen LogP contribution in [0.3, 0.4) is 0 Å². The highest BCUT2D eigenvalue weighted by Crippen LogP contribution is 2.35. The molecule has 0 aliphatic carbocycles. The van der Waals surface area contributed by atoms with Gasteiger partial charge in [-0.05, 0) is 30.8 Å². The van der Waals surface area contributed by atoms with E-state index in [-0.39, 0.29) is 0 Å². The molecule has 7 heteroatoms. The molecule has 0 fully saturated rings. The molecule has 2 aromatic heterocycles. The number of halogens is 1. The van der Waals surface area contributed by atoms with Crippen molar-refractivity contribution in [2.75, 3.05) is 12.3 Å². The van der Waals surface area contributed by atoms with Crippen LogP contribution in [0, 0.1) is 0 Å². The minimum Gasteiger partial charge on any atom is -0.476 e. The molecule has 0 atom stereocenters. The molecule has 0 radical (unpaired) electrons. The smallest absolute Gasteiger partial charge is 0.241 e. The quantitative estimate of drug-likeness (QED) is 0.869. The average Bonchev–Trinajstić information content (AvgIpc) is 2.37. The molecule has 0 saturated carbocycles. The first-order valence-electron chi connectivity index (χ1n) is 5.24. The van der Waals surface area contributed by atoms with Gasteiger partial charge in [0.2, 0.25) is 5.88 Å². The monoisotopic (exact) mass is 282 g/mol. The van der Waals surface area contributed by atoms with Gasteiger partial charge in [0.15, 0.2) is 0 Å². The fraction of sp³-hybridized carbons (Fsp3) is 0.182. The zero-order valence-electron chi connectivity index (χ0n) is 9.63. The lowest BCUT2D eigenvalue weighted by Gasteiger charge is -2.08. The summed E-state index contributed by atoms with van der Waals surface area (Å²) >= 11 is 7.31. The molecule has 2 N–H and O–H groups in total. The first-order chi connectivity index (χ1) is 8.72. The molecular weight excluding hydrogens is 272 g/mol. The van der Waals surface area contributed by atoms with Crippen molar-refractivity contribution in [3.63, 3.8) is 0 Å². The van der Waals surface area contributed by atoms with Crippen molar-refractivity contribution in [2.45, 2.75) is 17.0 Å².